The van der Waals surface area contributed by atoms with Gasteiger partial charge < -0.3 is 0 Å². The van der Waals surface area contributed by atoms with Crippen LogP contribution in [-0.4, -0.2) is 4.98 Å². The molecule has 0 aliphatic carbocycles. The van der Waals surface area contributed by atoms with Gasteiger partial charge in [-0.05, 0) is 54.1 Å². The Kier molecular flexibility index (Phi) is 3.18. The Morgan fingerprint density at radius 3 is 2.58 bits per heavy atom. The Bertz CT molecular complexity index is 698. The zero-order valence-electron chi connectivity index (χ0n) is 10.8. The van der Waals surface area contributed by atoms with Gasteiger partial charge in [-0.2, -0.15) is 0 Å². The smallest absolute Gasteiger partial charge is 0.0704 e. The normalized spacial score (nSPS) is 10.6. The lowest BCUT2D eigenvalue weighted by molar-refractivity contribution is 1.32. The molecule has 0 atom stereocenters. The summed E-state index contributed by atoms with van der Waals surface area (Å²) in [5.41, 5.74) is 5.54. The second-order valence-electron chi connectivity index (χ2n) is 4.49. The van der Waals surface area contributed by atoms with Crippen molar-refractivity contribution in [1.82, 2.24) is 4.98 Å². The van der Waals surface area contributed by atoms with Crippen molar-refractivity contribution in [2.45, 2.75) is 6.92 Å². The molecule has 2 heterocycles. The topological polar surface area (TPSA) is 12.9 Å². The number of benzene rings is 1. The minimum absolute atomic E-state index is 0.973. The number of aryl methyl sites for hydroxylation is 1. The summed E-state index contributed by atoms with van der Waals surface area (Å²) >= 11 is 1.77. The van der Waals surface area contributed by atoms with Crippen LogP contribution in [0.2, 0.25) is 0 Å². The maximum absolute atomic E-state index is 4.41. The van der Waals surface area contributed by atoms with E-state index in [0.717, 1.165) is 16.8 Å². The van der Waals surface area contributed by atoms with Crippen molar-refractivity contribution < 1.29 is 0 Å². The molecule has 3 aromatic rings. The Morgan fingerprint density at radius 1 is 1.05 bits per heavy atom. The first kappa shape index (κ1) is 12.1. The number of rotatable bonds is 2. The lowest BCUT2D eigenvalue weighted by atomic mass is 9.96. The van der Waals surface area contributed by atoms with Crippen molar-refractivity contribution in [2.24, 2.45) is 0 Å². The molecule has 0 amide bonds. The highest BCUT2D eigenvalue weighted by atomic mass is 32.1. The molecule has 93 valence electrons. The molecule has 0 saturated carbocycles. The van der Waals surface area contributed by atoms with E-state index in [-0.39, 0.29) is 0 Å². The van der Waals surface area contributed by atoms with Gasteiger partial charge in [0.2, 0.25) is 0 Å². The molecule has 3 rings (SSSR count). The van der Waals surface area contributed by atoms with Gasteiger partial charge in [-0.3, -0.25) is 4.98 Å². The highest BCUT2D eigenvalue weighted by Crippen LogP contribution is 2.32. The number of hydrogen-bond donors (Lipinski definition) is 0. The molecule has 1 nitrogen and oxygen atoms in total. The van der Waals surface area contributed by atoms with Crippen LogP contribution in [0.25, 0.3) is 22.4 Å². The van der Waals surface area contributed by atoms with Crippen molar-refractivity contribution in [3.8, 4) is 22.4 Å². The molecule has 0 N–H and O–H groups in total. The molecule has 0 saturated heterocycles. The zero-order valence-corrected chi connectivity index (χ0v) is 11.6. The predicted molar refractivity (Wildman–Crippen MR) is 82.2 cm³/mol. The standard InChI is InChI=1S/C17H14NS/c1-12-10-14(11-19-12)15-6-5-7-16(13(15)2)17-8-3-4-9-18-17/h3-11H,2H2,1H3. The van der Waals surface area contributed by atoms with E-state index in [0.29, 0.717) is 0 Å². The number of pyridine rings is 1. The minimum atomic E-state index is 0.973. The van der Waals surface area contributed by atoms with Crippen LogP contribution < -0.4 is 0 Å². The first-order chi connectivity index (χ1) is 9.25. The fourth-order valence-corrected chi connectivity index (χ4v) is 2.91. The Hall–Kier alpha value is -1.93. The molecule has 1 radical (unpaired) electrons. The van der Waals surface area contributed by atoms with Gasteiger partial charge >= 0.3 is 0 Å². The predicted octanol–water partition coefficient (Wildman–Crippen LogP) is 4.97. The third kappa shape index (κ3) is 2.32. The van der Waals surface area contributed by atoms with E-state index in [1.165, 1.54) is 16.0 Å². The molecular weight excluding hydrogens is 250 g/mol. The molecule has 19 heavy (non-hydrogen) atoms. The molecule has 2 aromatic heterocycles. The maximum atomic E-state index is 4.41. The molecule has 0 spiro atoms. The molecule has 0 aliphatic rings. The van der Waals surface area contributed by atoms with E-state index in [4.69, 9.17) is 0 Å². The Morgan fingerprint density at radius 2 is 1.89 bits per heavy atom. The van der Waals surface area contributed by atoms with Gasteiger partial charge in [0.25, 0.3) is 0 Å². The molecule has 1 aromatic carbocycles. The van der Waals surface area contributed by atoms with Gasteiger partial charge in [-0.15, -0.1) is 11.3 Å². The maximum Gasteiger partial charge on any atom is 0.0704 e. The summed E-state index contributed by atoms with van der Waals surface area (Å²) in [6.07, 6.45) is 1.82. The van der Waals surface area contributed by atoms with Crippen LogP contribution in [0.1, 0.15) is 10.4 Å². The second kappa shape index (κ2) is 4.98. The fourth-order valence-electron chi connectivity index (χ4n) is 2.20. The van der Waals surface area contributed by atoms with E-state index >= 15 is 0 Å². The number of nitrogens with zero attached hydrogens (tertiary/aromatic N) is 1. The first-order valence-electron chi connectivity index (χ1n) is 6.17. The van der Waals surface area contributed by atoms with Gasteiger partial charge in [-0.25, -0.2) is 0 Å². The summed E-state index contributed by atoms with van der Waals surface area (Å²) in [7, 11) is 0. The van der Waals surface area contributed by atoms with E-state index in [2.05, 4.69) is 48.5 Å². The number of hydrogen-bond acceptors (Lipinski definition) is 2. The van der Waals surface area contributed by atoms with Crippen molar-refractivity contribution in [3.05, 3.63) is 71.4 Å². The Balaban J connectivity index is 2.14. The summed E-state index contributed by atoms with van der Waals surface area (Å²) in [6, 6.07) is 14.4. The van der Waals surface area contributed by atoms with Gasteiger partial charge in [0, 0.05) is 16.6 Å². The van der Waals surface area contributed by atoms with Crippen LogP contribution in [0.3, 0.4) is 0 Å². The summed E-state index contributed by atoms with van der Waals surface area (Å²) < 4.78 is 0. The molecule has 0 unspecified atom stereocenters. The number of thiophene rings is 1. The summed E-state index contributed by atoms with van der Waals surface area (Å²) in [6.45, 7) is 6.37. The lowest BCUT2D eigenvalue weighted by Gasteiger charge is -2.09. The number of aromatic nitrogens is 1. The summed E-state index contributed by atoms with van der Waals surface area (Å²) in [5.74, 6) is 0. The van der Waals surface area contributed by atoms with Crippen LogP contribution in [0, 0.1) is 13.8 Å². The SMILES string of the molecule is [CH2]c1c(-c2csc(C)c2)cccc1-c1ccccn1. The van der Waals surface area contributed by atoms with Gasteiger partial charge in [0.05, 0.1) is 5.69 Å². The Labute approximate surface area is 117 Å². The highest BCUT2D eigenvalue weighted by molar-refractivity contribution is 7.10. The van der Waals surface area contributed by atoms with Crippen LogP contribution in [0.5, 0.6) is 0 Å². The largest absolute Gasteiger partial charge is 0.256 e. The minimum Gasteiger partial charge on any atom is -0.256 e. The zero-order chi connectivity index (χ0) is 13.2. The molecule has 0 bridgehead atoms. The van der Waals surface area contributed by atoms with Crippen LogP contribution in [0.15, 0.2) is 54.0 Å². The van der Waals surface area contributed by atoms with Gasteiger partial charge in [-0.1, -0.05) is 24.3 Å². The fraction of sp³-hybridized carbons (Fsp3) is 0.0588. The van der Waals surface area contributed by atoms with Crippen molar-refractivity contribution in [3.63, 3.8) is 0 Å². The van der Waals surface area contributed by atoms with Crippen molar-refractivity contribution in [2.75, 3.05) is 0 Å². The van der Waals surface area contributed by atoms with Crippen molar-refractivity contribution in [1.29, 1.82) is 0 Å². The molecule has 2 heteroatoms. The van der Waals surface area contributed by atoms with Crippen LogP contribution >= 0.6 is 11.3 Å². The first-order valence-corrected chi connectivity index (χ1v) is 7.05. The third-order valence-electron chi connectivity index (χ3n) is 3.16. The molecular formula is C17H14NS. The lowest BCUT2D eigenvalue weighted by Crippen LogP contribution is -1.89. The van der Waals surface area contributed by atoms with Crippen LogP contribution in [-0.2, 0) is 0 Å². The average molecular weight is 264 g/mol. The van der Waals surface area contributed by atoms with Gasteiger partial charge in [0.1, 0.15) is 0 Å². The van der Waals surface area contributed by atoms with E-state index in [9.17, 15) is 0 Å². The molecule has 0 aliphatic heterocycles. The quantitative estimate of drug-likeness (QED) is 0.637. The summed E-state index contributed by atoms with van der Waals surface area (Å²) in [4.78, 5) is 5.73. The van der Waals surface area contributed by atoms with Crippen molar-refractivity contribution >= 4 is 11.3 Å². The van der Waals surface area contributed by atoms with E-state index in [1.807, 2.05) is 24.4 Å². The molecule has 0 fully saturated rings. The summed E-state index contributed by atoms with van der Waals surface area (Å²) in [5, 5.41) is 2.18. The van der Waals surface area contributed by atoms with E-state index in [1.54, 1.807) is 11.3 Å². The monoisotopic (exact) mass is 264 g/mol. The second-order valence-corrected chi connectivity index (χ2v) is 5.61. The highest BCUT2D eigenvalue weighted by Gasteiger charge is 2.09. The van der Waals surface area contributed by atoms with Crippen LogP contribution in [0.4, 0.5) is 0 Å². The van der Waals surface area contributed by atoms with Gasteiger partial charge in [0.15, 0.2) is 0 Å². The third-order valence-corrected chi connectivity index (χ3v) is 4.02. The average Bonchev–Trinajstić information content (AvgIpc) is 2.86. The van der Waals surface area contributed by atoms with E-state index < -0.39 is 0 Å².